The fraction of sp³-hybridized carbons (Fsp3) is 1.00. The number of hydrogen-bond acceptors (Lipinski definition) is 2. The van der Waals surface area contributed by atoms with Crippen molar-refractivity contribution in [1.82, 2.24) is 0 Å². The fourth-order valence-corrected chi connectivity index (χ4v) is 0.0745. The van der Waals surface area contributed by atoms with Crippen LogP contribution in [-0.2, 0) is 24.2 Å². The number of aliphatic hydroxyl groups excluding tert-OH is 1. The van der Waals surface area contributed by atoms with Crippen LogP contribution in [0.3, 0.4) is 0 Å². The second kappa shape index (κ2) is 6.54. The van der Waals surface area contributed by atoms with Crippen LogP contribution in [0, 0.1) is 0 Å². The standard InChI is InChI=1S/C4H10O2.Zn/c1-4(3-5)6-2;/h4-5H,3H2,1-2H3;. The molecule has 0 spiro atoms. The van der Waals surface area contributed by atoms with Crippen LogP contribution in [0.5, 0.6) is 0 Å². The van der Waals surface area contributed by atoms with Gasteiger partial charge in [-0.1, -0.05) is 0 Å². The molecule has 0 rings (SSSR count). The summed E-state index contributed by atoms with van der Waals surface area (Å²) in [5.74, 6) is 0. The number of aliphatic hydroxyl groups is 1. The van der Waals surface area contributed by atoms with Crippen LogP contribution in [-0.4, -0.2) is 24.9 Å². The van der Waals surface area contributed by atoms with Gasteiger partial charge in [0, 0.05) is 26.6 Å². The minimum Gasteiger partial charge on any atom is -0.394 e. The molecule has 0 bridgehead atoms. The first kappa shape index (κ1) is 10.5. The number of methoxy groups -OCH3 is 1. The molecule has 0 saturated carbocycles. The number of ether oxygens (including phenoxy) is 1. The van der Waals surface area contributed by atoms with Gasteiger partial charge in [-0.25, -0.2) is 0 Å². The van der Waals surface area contributed by atoms with Gasteiger partial charge in [0.05, 0.1) is 12.7 Å². The zero-order chi connectivity index (χ0) is 4.99. The summed E-state index contributed by atoms with van der Waals surface area (Å²) in [6, 6.07) is 0. The summed E-state index contributed by atoms with van der Waals surface area (Å²) in [5.41, 5.74) is 0. The molecular weight excluding hydrogens is 145 g/mol. The molecular formula is C4H10O2Zn. The summed E-state index contributed by atoms with van der Waals surface area (Å²) < 4.78 is 4.65. The van der Waals surface area contributed by atoms with E-state index in [1.54, 1.807) is 14.0 Å². The van der Waals surface area contributed by atoms with E-state index in [2.05, 4.69) is 4.74 Å². The molecule has 0 fully saturated rings. The Bertz CT molecular complexity index is 28.9. The maximum Gasteiger partial charge on any atom is 0.0773 e. The van der Waals surface area contributed by atoms with E-state index in [1.807, 2.05) is 0 Å². The first-order valence-corrected chi connectivity index (χ1v) is 1.95. The van der Waals surface area contributed by atoms with Crippen LogP contribution >= 0.6 is 0 Å². The normalized spacial score (nSPS) is 12.4. The average Bonchev–Trinajstić information content (AvgIpc) is 1.65. The van der Waals surface area contributed by atoms with E-state index < -0.39 is 0 Å². The molecule has 1 unspecified atom stereocenters. The molecule has 0 radical (unpaired) electrons. The Morgan fingerprint density at radius 1 is 1.71 bits per heavy atom. The maximum absolute atomic E-state index is 8.21. The van der Waals surface area contributed by atoms with Crippen LogP contribution in [0.25, 0.3) is 0 Å². The van der Waals surface area contributed by atoms with Gasteiger partial charge in [0.1, 0.15) is 0 Å². The molecule has 0 aromatic heterocycles. The van der Waals surface area contributed by atoms with Crippen molar-refractivity contribution in [2.24, 2.45) is 0 Å². The van der Waals surface area contributed by atoms with Crippen molar-refractivity contribution in [1.29, 1.82) is 0 Å². The smallest absolute Gasteiger partial charge is 0.0773 e. The summed E-state index contributed by atoms with van der Waals surface area (Å²) in [4.78, 5) is 0. The molecule has 0 aliphatic carbocycles. The van der Waals surface area contributed by atoms with Crippen molar-refractivity contribution in [2.45, 2.75) is 13.0 Å². The van der Waals surface area contributed by atoms with Crippen LogP contribution in [0.1, 0.15) is 6.92 Å². The molecule has 0 saturated heterocycles. The van der Waals surface area contributed by atoms with E-state index in [1.165, 1.54) is 0 Å². The summed E-state index contributed by atoms with van der Waals surface area (Å²) in [6.45, 7) is 1.91. The van der Waals surface area contributed by atoms with E-state index in [0.29, 0.717) is 0 Å². The number of rotatable bonds is 2. The van der Waals surface area contributed by atoms with Gasteiger partial charge in [-0.05, 0) is 6.92 Å². The summed E-state index contributed by atoms with van der Waals surface area (Å²) in [6.07, 6.45) is -0.00926. The second-order valence-corrected chi connectivity index (χ2v) is 1.23. The second-order valence-electron chi connectivity index (χ2n) is 1.23. The molecule has 0 aliphatic rings. The van der Waals surface area contributed by atoms with Gasteiger partial charge in [-0.15, -0.1) is 0 Å². The van der Waals surface area contributed by atoms with Gasteiger partial charge >= 0.3 is 0 Å². The topological polar surface area (TPSA) is 29.5 Å². The zero-order valence-electron chi connectivity index (χ0n) is 4.85. The summed E-state index contributed by atoms with van der Waals surface area (Å²) >= 11 is 0. The Kier molecular flexibility index (Phi) is 9.82. The molecule has 40 valence electrons. The largest absolute Gasteiger partial charge is 0.394 e. The van der Waals surface area contributed by atoms with Gasteiger partial charge in [-0.3, -0.25) is 0 Å². The van der Waals surface area contributed by atoms with Gasteiger partial charge in [-0.2, -0.15) is 0 Å². The van der Waals surface area contributed by atoms with Crippen molar-refractivity contribution < 1.29 is 29.3 Å². The molecule has 7 heavy (non-hydrogen) atoms. The van der Waals surface area contributed by atoms with Crippen molar-refractivity contribution in [3.63, 3.8) is 0 Å². The van der Waals surface area contributed by atoms with E-state index in [-0.39, 0.29) is 32.2 Å². The predicted molar refractivity (Wildman–Crippen MR) is 23.6 cm³/mol. The zero-order valence-corrected chi connectivity index (χ0v) is 7.81. The quantitative estimate of drug-likeness (QED) is 0.570. The fourth-order valence-electron chi connectivity index (χ4n) is 0.0745. The van der Waals surface area contributed by atoms with Crippen molar-refractivity contribution >= 4 is 0 Å². The monoisotopic (exact) mass is 154 g/mol. The Balaban J connectivity index is 0. The third kappa shape index (κ3) is 6.54. The molecule has 1 atom stereocenters. The van der Waals surface area contributed by atoms with E-state index >= 15 is 0 Å². The van der Waals surface area contributed by atoms with E-state index in [0.717, 1.165) is 0 Å². The van der Waals surface area contributed by atoms with Crippen LogP contribution in [0.15, 0.2) is 0 Å². The van der Waals surface area contributed by atoms with Crippen molar-refractivity contribution in [2.75, 3.05) is 13.7 Å². The Morgan fingerprint density at radius 3 is 2.14 bits per heavy atom. The van der Waals surface area contributed by atoms with Crippen LogP contribution < -0.4 is 0 Å². The average molecular weight is 156 g/mol. The first-order valence-electron chi connectivity index (χ1n) is 1.95. The molecule has 1 N–H and O–H groups in total. The molecule has 0 heterocycles. The Hall–Kier alpha value is 0.543. The molecule has 0 amide bonds. The number of hydrogen-bond donors (Lipinski definition) is 1. The first-order chi connectivity index (χ1) is 2.81. The van der Waals surface area contributed by atoms with E-state index in [9.17, 15) is 0 Å². The van der Waals surface area contributed by atoms with Crippen molar-refractivity contribution in [3.05, 3.63) is 0 Å². The molecule has 0 aromatic carbocycles. The van der Waals surface area contributed by atoms with Gasteiger partial charge in [0.25, 0.3) is 0 Å². The maximum atomic E-state index is 8.21. The van der Waals surface area contributed by atoms with Crippen LogP contribution in [0.4, 0.5) is 0 Å². The molecule has 2 nitrogen and oxygen atoms in total. The van der Waals surface area contributed by atoms with Gasteiger partial charge < -0.3 is 9.84 Å². The summed E-state index contributed by atoms with van der Waals surface area (Å²) in [7, 11) is 1.57. The predicted octanol–water partition coefficient (Wildman–Crippen LogP) is 0.0111. The van der Waals surface area contributed by atoms with Crippen molar-refractivity contribution in [3.8, 4) is 0 Å². The minimum absolute atomic E-state index is 0. The van der Waals surface area contributed by atoms with Crippen LogP contribution in [0.2, 0.25) is 0 Å². The van der Waals surface area contributed by atoms with E-state index in [4.69, 9.17) is 5.11 Å². The Morgan fingerprint density at radius 2 is 2.14 bits per heavy atom. The summed E-state index contributed by atoms with van der Waals surface area (Å²) in [5, 5.41) is 8.21. The molecule has 3 heteroatoms. The van der Waals surface area contributed by atoms with Gasteiger partial charge in [0.2, 0.25) is 0 Å². The third-order valence-electron chi connectivity index (χ3n) is 0.659. The Labute approximate surface area is 56.6 Å². The minimum atomic E-state index is -0.00926. The SMILES string of the molecule is COC(C)CO.[Zn]. The molecule has 0 aliphatic heterocycles. The molecule has 0 aromatic rings. The third-order valence-corrected chi connectivity index (χ3v) is 0.659. The van der Waals surface area contributed by atoms with Gasteiger partial charge in [0.15, 0.2) is 0 Å².